The van der Waals surface area contributed by atoms with E-state index in [0.717, 1.165) is 18.4 Å². The van der Waals surface area contributed by atoms with Crippen LogP contribution in [0.2, 0.25) is 0 Å². The molecule has 1 aliphatic heterocycles. The van der Waals surface area contributed by atoms with Gasteiger partial charge in [-0.1, -0.05) is 24.3 Å². The third-order valence-corrected chi connectivity index (χ3v) is 5.64. The van der Waals surface area contributed by atoms with Crippen molar-refractivity contribution in [1.29, 1.82) is 0 Å². The molecule has 2 aromatic rings. The highest BCUT2D eigenvalue weighted by Gasteiger charge is 2.48. The molecule has 2 N–H and O–H groups in total. The Morgan fingerprint density at radius 1 is 1.12 bits per heavy atom. The summed E-state index contributed by atoms with van der Waals surface area (Å²) in [6, 6.07) is 11.5. The number of likely N-dealkylation sites (tertiary alicyclic amines) is 1. The van der Waals surface area contributed by atoms with Gasteiger partial charge < -0.3 is 15.0 Å². The maximum absolute atomic E-state index is 12.5. The summed E-state index contributed by atoms with van der Waals surface area (Å²) < 4.78 is 0. The van der Waals surface area contributed by atoms with Crippen LogP contribution in [0.4, 0.5) is 0 Å². The van der Waals surface area contributed by atoms with Gasteiger partial charge in [0.15, 0.2) is 0 Å². The zero-order valence-corrected chi connectivity index (χ0v) is 13.4. The zero-order chi connectivity index (χ0) is 16.7. The van der Waals surface area contributed by atoms with Crippen molar-refractivity contribution in [3.63, 3.8) is 0 Å². The van der Waals surface area contributed by atoms with Crippen LogP contribution < -0.4 is 0 Å². The first-order valence-corrected chi connectivity index (χ1v) is 8.36. The minimum atomic E-state index is -0.746. The van der Waals surface area contributed by atoms with Gasteiger partial charge in [-0.05, 0) is 42.5 Å². The summed E-state index contributed by atoms with van der Waals surface area (Å²) in [4.78, 5) is 29.0. The van der Waals surface area contributed by atoms with E-state index < -0.39 is 11.9 Å². The van der Waals surface area contributed by atoms with E-state index in [0.29, 0.717) is 25.2 Å². The van der Waals surface area contributed by atoms with Crippen LogP contribution in [0.15, 0.2) is 42.6 Å². The monoisotopic (exact) mass is 324 g/mol. The summed E-state index contributed by atoms with van der Waals surface area (Å²) in [5, 5.41) is 9.57. The molecule has 0 bridgehead atoms. The smallest absolute Gasteiger partial charge is 0.311 e. The van der Waals surface area contributed by atoms with E-state index in [2.05, 4.69) is 11.1 Å². The first-order valence-electron chi connectivity index (χ1n) is 8.36. The number of rotatable bonds is 2. The number of nitrogens with zero attached hydrogens (tertiary/aromatic N) is 1. The van der Waals surface area contributed by atoms with Gasteiger partial charge in [0.1, 0.15) is 5.69 Å². The standard InChI is InChI=1S/C19H20N2O3/c22-17(16-6-3-9-20-16)21-10-7-19(8-11-21)12-14(18(23)24)13-4-1-2-5-15(13)19/h1-6,9,14,20H,7-8,10-12H2,(H,23,24). The summed E-state index contributed by atoms with van der Waals surface area (Å²) in [6.07, 6.45) is 4.04. The molecular weight excluding hydrogens is 304 g/mol. The van der Waals surface area contributed by atoms with Crippen molar-refractivity contribution in [3.05, 3.63) is 59.4 Å². The van der Waals surface area contributed by atoms with Crippen molar-refractivity contribution in [2.24, 2.45) is 0 Å². The molecule has 1 spiro atoms. The van der Waals surface area contributed by atoms with Crippen molar-refractivity contribution in [3.8, 4) is 0 Å². The Morgan fingerprint density at radius 3 is 2.54 bits per heavy atom. The Morgan fingerprint density at radius 2 is 1.88 bits per heavy atom. The van der Waals surface area contributed by atoms with E-state index >= 15 is 0 Å². The maximum atomic E-state index is 12.5. The van der Waals surface area contributed by atoms with Crippen LogP contribution in [0.1, 0.15) is 46.8 Å². The van der Waals surface area contributed by atoms with Gasteiger partial charge in [0, 0.05) is 24.7 Å². The molecule has 24 heavy (non-hydrogen) atoms. The van der Waals surface area contributed by atoms with Gasteiger partial charge in [0.25, 0.3) is 5.91 Å². The lowest BCUT2D eigenvalue weighted by atomic mass is 9.73. The second-order valence-electron chi connectivity index (χ2n) is 6.84. The van der Waals surface area contributed by atoms with Crippen LogP contribution in [0.3, 0.4) is 0 Å². The van der Waals surface area contributed by atoms with Crippen LogP contribution in [0.25, 0.3) is 0 Å². The Kier molecular flexibility index (Phi) is 3.44. The number of aliphatic carboxylic acids is 1. The molecule has 1 amide bonds. The van der Waals surface area contributed by atoms with Crippen LogP contribution in [0, 0.1) is 0 Å². The number of carboxylic acid groups (broad SMARTS) is 1. The number of nitrogens with one attached hydrogen (secondary N) is 1. The van der Waals surface area contributed by atoms with Crippen LogP contribution >= 0.6 is 0 Å². The number of aromatic nitrogens is 1. The molecule has 1 unspecified atom stereocenters. The molecule has 1 aliphatic carbocycles. The number of carbonyl (C=O) groups excluding carboxylic acids is 1. The molecule has 1 fully saturated rings. The number of fused-ring (bicyclic) bond motifs is 2. The van der Waals surface area contributed by atoms with Crippen molar-refractivity contribution in [1.82, 2.24) is 9.88 Å². The van der Waals surface area contributed by atoms with E-state index in [1.807, 2.05) is 29.2 Å². The largest absolute Gasteiger partial charge is 0.481 e. The first-order chi connectivity index (χ1) is 11.6. The Balaban J connectivity index is 1.57. The second kappa shape index (κ2) is 5.51. The minimum Gasteiger partial charge on any atom is -0.481 e. The summed E-state index contributed by atoms with van der Waals surface area (Å²) in [5.74, 6) is -1.15. The molecule has 1 aromatic carbocycles. The predicted octanol–water partition coefficient (Wildman–Crippen LogP) is 2.76. The third-order valence-electron chi connectivity index (χ3n) is 5.64. The van der Waals surface area contributed by atoms with Gasteiger partial charge >= 0.3 is 5.97 Å². The van der Waals surface area contributed by atoms with Crippen molar-refractivity contribution in [2.45, 2.75) is 30.6 Å². The highest BCUT2D eigenvalue weighted by Crippen LogP contribution is 2.51. The number of carbonyl (C=O) groups is 2. The molecule has 124 valence electrons. The number of benzene rings is 1. The molecule has 1 atom stereocenters. The Bertz CT molecular complexity index is 774. The van der Waals surface area contributed by atoms with Crippen LogP contribution in [-0.4, -0.2) is 40.0 Å². The quantitative estimate of drug-likeness (QED) is 0.892. The van der Waals surface area contributed by atoms with Gasteiger partial charge in [0.05, 0.1) is 5.92 Å². The fraction of sp³-hybridized carbons (Fsp3) is 0.368. The highest BCUT2D eigenvalue weighted by atomic mass is 16.4. The fourth-order valence-corrected chi connectivity index (χ4v) is 4.36. The summed E-state index contributed by atoms with van der Waals surface area (Å²) >= 11 is 0. The Hall–Kier alpha value is -2.56. The van der Waals surface area contributed by atoms with E-state index in [4.69, 9.17) is 0 Å². The van der Waals surface area contributed by atoms with Crippen molar-refractivity contribution in [2.75, 3.05) is 13.1 Å². The number of hydrogen-bond donors (Lipinski definition) is 2. The normalized spacial score (nSPS) is 21.7. The van der Waals surface area contributed by atoms with E-state index in [1.54, 1.807) is 12.3 Å². The molecule has 5 nitrogen and oxygen atoms in total. The third kappa shape index (κ3) is 2.23. The highest BCUT2D eigenvalue weighted by molar-refractivity contribution is 5.92. The fourth-order valence-electron chi connectivity index (χ4n) is 4.36. The van der Waals surface area contributed by atoms with Gasteiger partial charge in [-0.25, -0.2) is 0 Å². The van der Waals surface area contributed by atoms with Gasteiger partial charge in [-0.2, -0.15) is 0 Å². The topological polar surface area (TPSA) is 73.4 Å². The van der Waals surface area contributed by atoms with E-state index in [-0.39, 0.29) is 11.3 Å². The number of carboxylic acids is 1. The lowest BCUT2D eigenvalue weighted by Crippen LogP contribution is -2.44. The van der Waals surface area contributed by atoms with Crippen LogP contribution in [-0.2, 0) is 10.2 Å². The summed E-state index contributed by atoms with van der Waals surface area (Å²) in [6.45, 7) is 1.33. The van der Waals surface area contributed by atoms with Crippen LogP contribution in [0.5, 0.6) is 0 Å². The second-order valence-corrected chi connectivity index (χ2v) is 6.84. The minimum absolute atomic E-state index is 0.0240. The van der Waals surface area contributed by atoms with Crippen molar-refractivity contribution >= 4 is 11.9 Å². The van der Waals surface area contributed by atoms with Crippen molar-refractivity contribution < 1.29 is 14.7 Å². The Labute approximate surface area is 140 Å². The van der Waals surface area contributed by atoms with Gasteiger partial charge in [-0.15, -0.1) is 0 Å². The summed E-state index contributed by atoms with van der Waals surface area (Å²) in [5.41, 5.74) is 2.63. The van der Waals surface area contributed by atoms with E-state index in [9.17, 15) is 14.7 Å². The van der Waals surface area contributed by atoms with Gasteiger partial charge in [-0.3, -0.25) is 9.59 Å². The molecule has 2 heterocycles. The molecule has 0 radical (unpaired) electrons. The zero-order valence-electron chi connectivity index (χ0n) is 13.4. The lowest BCUT2D eigenvalue weighted by Gasteiger charge is -2.40. The molecule has 1 aromatic heterocycles. The number of amides is 1. The predicted molar refractivity (Wildman–Crippen MR) is 89.0 cm³/mol. The molecule has 2 aliphatic rings. The molecule has 1 saturated heterocycles. The molecular formula is C19H20N2O3. The summed E-state index contributed by atoms with van der Waals surface area (Å²) in [7, 11) is 0. The molecule has 5 heteroatoms. The van der Waals surface area contributed by atoms with E-state index in [1.165, 1.54) is 5.56 Å². The SMILES string of the molecule is O=C(O)C1CC2(CCN(C(=O)c3ccc[nH]3)CC2)c2ccccc21. The maximum Gasteiger partial charge on any atom is 0.311 e. The average Bonchev–Trinajstić information content (AvgIpc) is 3.23. The average molecular weight is 324 g/mol. The number of aromatic amines is 1. The lowest BCUT2D eigenvalue weighted by molar-refractivity contribution is -0.139. The number of H-pyrrole nitrogens is 1. The number of piperidine rings is 1. The number of hydrogen-bond acceptors (Lipinski definition) is 2. The molecule has 0 saturated carbocycles. The molecule has 4 rings (SSSR count). The van der Waals surface area contributed by atoms with Gasteiger partial charge in [0.2, 0.25) is 0 Å². The first kappa shape index (κ1) is 15.0.